The maximum Gasteiger partial charge on any atom is 0.238 e. The Balaban J connectivity index is 2.55. The molecule has 0 saturated heterocycles. The van der Waals surface area contributed by atoms with Gasteiger partial charge in [-0.2, -0.15) is 0 Å². The summed E-state index contributed by atoms with van der Waals surface area (Å²) in [5.74, 6) is 0.643. The van der Waals surface area contributed by atoms with Gasteiger partial charge >= 0.3 is 0 Å². The van der Waals surface area contributed by atoms with E-state index in [0.29, 0.717) is 17.7 Å². The summed E-state index contributed by atoms with van der Waals surface area (Å²) >= 11 is 0. The first-order valence-corrected chi connectivity index (χ1v) is 7.37. The molecule has 0 aliphatic carbocycles. The summed E-state index contributed by atoms with van der Waals surface area (Å²) < 4.78 is 28.7. The fourth-order valence-corrected chi connectivity index (χ4v) is 2.61. The van der Waals surface area contributed by atoms with Crippen LogP contribution in [0.3, 0.4) is 0 Å². The first-order chi connectivity index (χ1) is 9.04. The largest absolute Gasteiger partial charge is 0.493 e. The molecular formula is C14H15NO3S. The molecule has 0 radical (unpaired) electrons. The zero-order valence-corrected chi connectivity index (χ0v) is 11.2. The van der Waals surface area contributed by atoms with Crippen molar-refractivity contribution in [3.8, 4) is 5.75 Å². The Hall–Kier alpha value is -1.85. The summed E-state index contributed by atoms with van der Waals surface area (Å²) in [4.78, 5) is 0.110. The fourth-order valence-electron chi connectivity index (χ4n) is 1.87. The van der Waals surface area contributed by atoms with E-state index in [1.165, 1.54) is 6.07 Å². The van der Waals surface area contributed by atoms with Gasteiger partial charge in [0.05, 0.1) is 11.5 Å². The molecule has 0 amide bonds. The lowest BCUT2D eigenvalue weighted by atomic mass is 10.1. The Morgan fingerprint density at radius 1 is 1.16 bits per heavy atom. The molecule has 5 heteroatoms. The van der Waals surface area contributed by atoms with E-state index in [0.717, 1.165) is 11.8 Å². The summed E-state index contributed by atoms with van der Waals surface area (Å²) in [5.41, 5.74) is 0. The van der Waals surface area contributed by atoms with Crippen LogP contribution in [0.5, 0.6) is 5.75 Å². The average molecular weight is 277 g/mol. The van der Waals surface area contributed by atoms with Gasteiger partial charge in [-0.3, -0.25) is 0 Å². The highest BCUT2D eigenvalue weighted by Gasteiger charge is 2.14. The SMILES string of the molecule is C=CCCOc1ccc(S(N)(=O)=O)c2ccccc12. The lowest BCUT2D eigenvalue weighted by Crippen LogP contribution is -2.12. The minimum Gasteiger partial charge on any atom is -0.493 e. The van der Waals surface area contributed by atoms with Gasteiger partial charge in [0.2, 0.25) is 10.0 Å². The fraction of sp³-hybridized carbons (Fsp3) is 0.143. The standard InChI is InChI=1S/C14H15NO3S/c1-2-3-10-18-13-8-9-14(19(15,16)17)12-7-5-4-6-11(12)13/h2,4-9H,1,3,10H2,(H2,15,16,17). The van der Waals surface area contributed by atoms with Crippen LogP contribution in [-0.2, 0) is 10.0 Å². The summed E-state index contributed by atoms with van der Waals surface area (Å²) in [7, 11) is -3.74. The Morgan fingerprint density at radius 3 is 2.47 bits per heavy atom. The molecule has 0 fully saturated rings. The predicted octanol–water partition coefficient (Wildman–Crippen LogP) is 2.44. The van der Waals surface area contributed by atoms with Crippen molar-refractivity contribution in [3.63, 3.8) is 0 Å². The monoisotopic (exact) mass is 277 g/mol. The van der Waals surface area contributed by atoms with Crippen LogP contribution < -0.4 is 9.88 Å². The van der Waals surface area contributed by atoms with E-state index in [1.54, 1.807) is 24.3 Å². The number of ether oxygens (including phenoxy) is 1. The number of primary sulfonamides is 1. The van der Waals surface area contributed by atoms with E-state index in [2.05, 4.69) is 6.58 Å². The van der Waals surface area contributed by atoms with Gasteiger partial charge < -0.3 is 4.74 Å². The minimum absolute atomic E-state index is 0.110. The van der Waals surface area contributed by atoms with Crippen LogP contribution in [0, 0.1) is 0 Å². The highest BCUT2D eigenvalue weighted by Crippen LogP contribution is 2.30. The van der Waals surface area contributed by atoms with Gasteiger partial charge in [-0.1, -0.05) is 30.3 Å². The van der Waals surface area contributed by atoms with Gasteiger partial charge in [0, 0.05) is 10.8 Å². The summed E-state index contributed by atoms with van der Waals surface area (Å²) in [6.07, 6.45) is 2.49. The molecule has 0 saturated carbocycles. The number of sulfonamides is 1. The molecule has 0 bridgehead atoms. The van der Waals surface area contributed by atoms with Crippen molar-refractivity contribution < 1.29 is 13.2 Å². The van der Waals surface area contributed by atoms with E-state index >= 15 is 0 Å². The third-order valence-electron chi connectivity index (χ3n) is 2.73. The maximum atomic E-state index is 11.5. The normalized spacial score (nSPS) is 11.4. The highest BCUT2D eigenvalue weighted by molar-refractivity contribution is 7.89. The smallest absolute Gasteiger partial charge is 0.238 e. The number of hydrogen-bond donors (Lipinski definition) is 1. The van der Waals surface area contributed by atoms with Crippen molar-refractivity contribution >= 4 is 20.8 Å². The maximum absolute atomic E-state index is 11.5. The Bertz CT molecular complexity index is 708. The molecule has 0 spiro atoms. The van der Waals surface area contributed by atoms with Crippen molar-refractivity contribution in [1.29, 1.82) is 0 Å². The van der Waals surface area contributed by atoms with Crippen molar-refractivity contribution in [2.75, 3.05) is 6.61 Å². The van der Waals surface area contributed by atoms with Gasteiger partial charge in [-0.25, -0.2) is 13.6 Å². The molecule has 2 rings (SSSR count). The van der Waals surface area contributed by atoms with Crippen molar-refractivity contribution in [3.05, 3.63) is 49.1 Å². The van der Waals surface area contributed by atoms with Crippen molar-refractivity contribution in [2.45, 2.75) is 11.3 Å². The minimum atomic E-state index is -3.74. The zero-order valence-electron chi connectivity index (χ0n) is 10.4. The molecule has 0 aliphatic rings. The van der Waals surface area contributed by atoms with E-state index in [1.807, 2.05) is 12.1 Å². The van der Waals surface area contributed by atoms with Crippen molar-refractivity contribution in [2.24, 2.45) is 5.14 Å². The number of fused-ring (bicyclic) bond motifs is 1. The molecule has 0 heterocycles. The molecule has 0 aliphatic heterocycles. The number of benzene rings is 2. The summed E-state index contributed by atoms with van der Waals surface area (Å²) in [5, 5.41) is 6.52. The third-order valence-corrected chi connectivity index (χ3v) is 3.70. The molecule has 2 aromatic rings. The molecule has 19 heavy (non-hydrogen) atoms. The predicted molar refractivity (Wildman–Crippen MR) is 75.6 cm³/mol. The summed E-state index contributed by atoms with van der Waals surface area (Å²) in [6, 6.07) is 10.2. The van der Waals surface area contributed by atoms with Gasteiger partial charge in [0.1, 0.15) is 5.75 Å². The topological polar surface area (TPSA) is 69.4 Å². The lowest BCUT2D eigenvalue weighted by Gasteiger charge is -2.11. The zero-order chi connectivity index (χ0) is 13.9. The summed E-state index contributed by atoms with van der Waals surface area (Å²) in [6.45, 7) is 4.13. The molecule has 2 N–H and O–H groups in total. The number of hydrogen-bond acceptors (Lipinski definition) is 3. The number of rotatable bonds is 5. The van der Waals surface area contributed by atoms with Crippen LogP contribution in [0.2, 0.25) is 0 Å². The van der Waals surface area contributed by atoms with Crippen molar-refractivity contribution in [1.82, 2.24) is 0 Å². The highest BCUT2D eigenvalue weighted by atomic mass is 32.2. The van der Waals surface area contributed by atoms with Crippen LogP contribution in [0.25, 0.3) is 10.8 Å². The van der Waals surface area contributed by atoms with Gasteiger partial charge in [-0.15, -0.1) is 6.58 Å². The van der Waals surface area contributed by atoms with E-state index in [4.69, 9.17) is 9.88 Å². The van der Waals surface area contributed by atoms with Crippen LogP contribution in [0.1, 0.15) is 6.42 Å². The molecule has 100 valence electrons. The quantitative estimate of drug-likeness (QED) is 0.674. The molecule has 0 unspecified atom stereocenters. The second-order valence-electron chi connectivity index (χ2n) is 4.08. The van der Waals surface area contributed by atoms with E-state index < -0.39 is 10.0 Å². The van der Waals surface area contributed by atoms with Crippen LogP contribution >= 0.6 is 0 Å². The van der Waals surface area contributed by atoms with Gasteiger partial charge in [0.25, 0.3) is 0 Å². The van der Waals surface area contributed by atoms with E-state index in [-0.39, 0.29) is 4.90 Å². The molecule has 0 aromatic heterocycles. The second kappa shape index (κ2) is 5.42. The van der Waals surface area contributed by atoms with Crippen LogP contribution in [-0.4, -0.2) is 15.0 Å². The lowest BCUT2D eigenvalue weighted by molar-refractivity contribution is 0.329. The van der Waals surface area contributed by atoms with Crippen LogP contribution in [0.4, 0.5) is 0 Å². The van der Waals surface area contributed by atoms with Crippen LogP contribution in [0.15, 0.2) is 53.9 Å². The average Bonchev–Trinajstić information content (AvgIpc) is 2.37. The molecule has 2 aromatic carbocycles. The Kier molecular flexibility index (Phi) is 3.87. The Morgan fingerprint density at radius 2 is 1.84 bits per heavy atom. The second-order valence-corrected chi connectivity index (χ2v) is 5.61. The Labute approximate surface area is 112 Å². The van der Waals surface area contributed by atoms with Gasteiger partial charge in [-0.05, 0) is 18.6 Å². The molecule has 4 nitrogen and oxygen atoms in total. The molecular weight excluding hydrogens is 262 g/mol. The van der Waals surface area contributed by atoms with Gasteiger partial charge in [0.15, 0.2) is 0 Å². The first kappa shape index (κ1) is 13.6. The number of nitrogens with two attached hydrogens (primary N) is 1. The van der Waals surface area contributed by atoms with E-state index in [9.17, 15) is 8.42 Å². The molecule has 0 atom stereocenters. The third kappa shape index (κ3) is 2.94. The first-order valence-electron chi connectivity index (χ1n) is 5.82.